The van der Waals surface area contributed by atoms with Crippen molar-refractivity contribution >= 4 is 40.5 Å². The maximum Gasteiger partial charge on any atom is 0.412 e. The van der Waals surface area contributed by atoms with Crippen molar-refractivity contribution in [2.75, 3.05) is 12.4 Å². The highest BCUT2D eigenvalue weighted by atomic mass is 35.5. The third kappa shape index (κ3) is 5.46. The maximum absolute atomic E-state index is 14.4. The Kier molecular flexibility index (Phi) is 7.66. The lowest BCUT2D eigenvalue weighted by Gasteiger charge is -2.16. The van der Waals surface area contributed by atoms with E-state index in [0.717, 1.165) is 40.9 Å². The number of halogens is 3. The maximum atomic E-state index is 14.4. The fraction of sp³-hybridized carbons (Fsp3) is 0.226. The number of carbonyl (C=O) groups is 2. The first-order valence-corrected chi connectivity index (χ1v) is 13.8. The zero-order chi connectivity index (χ0) is 28.6. The van der Waals surface area contributed by atoms with Crippen LogP contribution in [0.15, 0.2) is 66.7 Å². The van der Waals surface area contributed by atoms with Crippen LogP contribution in [0, 0.1) is 10.9 Å². The highest BCUT2D eigenvalue weighted by molar-refractivity contribution is 7.14. The van der Waals surface area contributed by atoms with E-state index in [2.05, 4.69) is 5.32 Å². The molecule has 1 saturated carbocycles. The molecule has 1 aliphatic carbocycles. The first-order valence-electron chi connectivity index (χ1n) is 12.6. The second kappa shape index (κ2) is 11.0. The highest BCUT2D eigenvalue weighted by Crippen LogP contribution is 2.49. The molecule has 0 aliphatic heterocycles. The highest BCUT2D eigenvalue weighted by Gasteiger charge is 2.48. The molecule has 0 radical (unpaired) electrons. The van der Waals surface area contributed by atoms with Gasteiger partial charge in [0.15, 0.2) is 5.13 Å². The second-order valence-corrected chi connectivity index (χ2v) is 11.2. The molecule has 0 bridgehead atoms. The zero-order valence-corrected chi connectivity index (χ0v) is 23.6. The number of nitrogens with one attached hydrogen (secondary N) is 1. The van der Waals surface area contributed by atoms with Crippen LogP contribution in [0.5, 0.6) is 5.75 Å². The van der Waals surface area contributed by atoms with Crippen LogP contribution in [0.3, 0.4) is 0 Å². The van der Waals surface area contributed by atoms with Crippen LogP contribution >= 0.6 is 22.9 Å². The molecule has 1 atom stereocenters. The number of hydrogen-bond acceptors (Lipinski definition) is 5. The lowest BCUT2D eigenvalue weighted by atomic mass is 9.90. The van der Waals surface area contributed by atoms with Crippen LogP contribution < -0.4 is 10.1 Å². The summed E-state index contributed by atoms with van der Waals surface area (Å²) in [7, 11) is 1.55. The Bertz CT molecular complexity index is 1600. The monoisotopic (exact) mass is 581 g/mol. The zero-order valence-electron chi connectivity index (χ0n) is 22.0. The Labute approximate surface area is 239 Å². The van der Waals surface area contributed by atoms with Crippen LogP contribution in [0.1, 0.15) is 43.9 Å². The summed E-state index contributed by atoms with van der Waals surface area (Å²) in [6.45, 7) is 3.20. The largest absolute Gasteiger partial charge is 0.496 e. The first-order chi connectivity index (χ1) is 19.1. The Morgan fingerprint density at radius 1 is 1.00 bits per heavy atom. The van der Waals surface area contributed by atoms with Crippen molar-refractivity contribution in [1.29, 1.82) is 0 Å². The number of anilines is 1. The lowest BCUT2D eigenvalue weighted by Crippen LogP contribution is -2.16. The van der Waals surface area contributed by atoms with Crippen LogP contribution in [0.2, 0.25) is 5.02 Å². The summed E-state index contributed by atoms with van der Waals surface area (Å²) in [4.78, 5) is 25.2. The van der Waals surface area contributed by atoms with Crippen molar-refractivity contribution < 1.29 is 27.8 Å². The van der Waals surface area contributed by atoms with E-state index in [0.29, 0.717) is 21.8 Å². The van der Waals surface area contributed by atoms with E-state index in [-0.39, 0.29) is 21.9 Å². The number of ether oxygens (including phenoxy) is 2. The first kappa shape index (κ1) is 27.8. The molecule has 0 saturated heterocycles. The number of methoxy groups -OCH3 is 1. The quantitative estimate of drug-likeness (QED) is 0.225. The molecular weight excluding hydrogens is 556 g/mol. The van der Waals surface area contributed by atoms with E-state index in [1.165, 1.54) is 24.3 Å². The van der Waals surface area contributed by atoms with Crippen LogP contribution in [-0.2, 0) is 14.9 Å². The van der Waals surface area contributed by atoms with Gasteiger partial charge in [-0.3, -0.25) is 10.1 Å². The normalized spacial score (nSPS) is 14.3. The van der Waals surface area contributed by atoms with Crippen molar-refractivity contribution in [3.05, 3.63) is 93.8 Å². The lowest BCUT2D eigenvalue weighted by molar-refractivity contribution is -0.119. The Balaban J connectivity index is 1.36. The topological polar surface area (TPSA) is 64.6 Å². The third-order valence-electron chi connectivity index (χ3n) is 7.25. The van der Waals surface area contributed by atoms with Crippen molar-refractivity contribution in [1.82, 2.24) is 0 Å². The second-order valence-electron chi connectivity index (χ2n) is 9.76. The Morgan fingerprint density at radius 2 is 1.70 bits per heavy atom. The van der Waals surface area contributed by atoms with Gasteiger partial charge in [-0.05, 0) is 67.6 Å². The van der Waals surface area contributed by atoms with Crippen LogP contribution in [0.25, 0.3) is 21.6 Å². The smallest absolute Gasteiger partial charge is 0.412 e. The van der Waals surface area contributed by atoms with E-state index in [1.54, 1.807) is 27.0 Å². The number of benzene rings is 3. The van der Waals surface area contributed by atoms with Crippen molar-refractivity contribution in [2.24, 2.45) is 0 Å². The molecule has 1 heterocycles. The Morgan fingerprint density at radius 3 is 2.35 bits per heavy atom. The third-order valence-corrected chi connectivity index (χ3v) is 8.57. The molecule has 1 unspecified atom stereocenters. The van der Waals surface area contributed by atoms with Crippen LogP contribution in [0.4, 0.5) is 19.3 Å². The van der Waals surface area contributed by atoms with E-state index in [4.69, 9.17) is 21.1 Å². The number of hydrogen-bond donors (Lipinski definition) is 1. The number of ketones is 1. The molecule has 9 heteroatoms. The fourth-order valence-electron chi connectivity index (χ4n) is 4.87. The molecule has 5 rings (SSSR count). The molecule has 1 aliphatic rings. The molecule has 0 spiro atoms. The molecule has 1 aromatic heterocycles. The average Bonchev–Trinajstić information content (AvgIpc) is 3.67. The molecule has 1 fully saturated rings. The molecule has 206 valence electrons. The van der Waals surface area contributed by atoms with Gasteiger partial charge in [-0.15, -0.1) is 11.3 Å². The number of carbonyl (C=O) groups excluding carboxylic acids is 2. The average molecular weight is 582 g/mol. The minimum Gasteiger partial charge on any atom is -0.496 e. The van der Waals surface area contributed by atoms with Gasteiger partial charge >= 0.3 is 6.09 Å². The molecule has 5 nitrogen and oxygen atoms in total. The number of Topliss-reactive ketones (excluding diaryl/α,β-unsaturated/α-hetero) is 1. The number of rotatable bonds is 8. The predicted octanol–water partition coefficient (Wildman–Crippen LogP) is 8.95. The summed E-state index contributed by atoms with van der Waals surface area (Å²) in [6.07, 6.45) is 0.0670. The summed E-state index contributed by atoms with van der Waals surface area (Å²) in [6, 6.07) is 18.4. The number of amides is 1. The fourth-order valence-corrected chi connectivity index (χ4v) is 5.97. The standard InChI is InChI=1S/C31H26ClF2NO4S/c1-17(24-15-22(33)9-11-25(24)32)39-30(37)35-26-16-28(34)40-29(26)20-6-10-23(27(14-20)38-3)19-4-7-21(8-5-19)31(12-13-31)18(2)36/h4-11,14-17H,12-13H2,1-3H3,(H,35,37). The van der Waals surface area contributed by atoms with Gasteiger partial charge in [0.1, 0.15) is 23.5 Å². The summed E-state index contributed by atoms with van der Waals surface area (Å²) in [5, 5.41) is 2.35. The van der Waals surface area contributed by atoms with Gasteiger partial charge in [0, 0.05) is 22.2 Å². The van der Waals surface area contributed by atoms with Gasteiger partial charge < -0.3 is 9.47 Å². The van der Waals surface area contributed by atoms with E-state index in [9.17, 15) is 18.4 Å². The Hall–Kier alpha value is -3.75. The minimum atomic E-state index is -0.842. The van der Waals surface area contributed by atoms with E-state index in [1.807, 2.05) is 36.4 Å². The molecule has 1 N–H and O–H groups in total. The molecule has 40 heavy (non-hydrogen) atoms. The summed E-state index contributed by atoms with van der Waals surface area (Å²) in [5.74, 6) is 0.245. The number of thiophene rings is 1. The SMILES string of the molecule is COc1cc(-c2sc(F)cc2NC(=O)OC(C)c2cc(F)ccc2Cl)ccc1-c1ccc(C2(C(C)=O)CC2)cc1. The van der Waals surface area contributed by atoms with Gasteiger partial charge in [-0.1, -0.05) is 48.0 Å². The summed E-state index contributed by atoms with van der Waals surface area (Å²) in [5.41, 5.74) is 3.59. The summed E-state index contributed by atoms with van der Waals surface area (Å²) >= 11 is 6.99. The molecule has 4 aromatic rings. The van der Waals surface area contributed by atoms with Gasteiger partial charge in [0.2, 0.25) is 0 Å². The van der Waals surface area contributed by atoms with E-state index >= 15 is 0 Å². The predicted molar refractivity (Wildman–Crippen MR) is 153 cm³/mol. The van der Waals surface area contributed by atoms with Crippen LogP contribution in [-0.4, -0.2) is 19.0 Å². The van der Waals surface area contributed by atoms with E-state index < -0.39 is 23.1 Å². The van der Waals surface area contributed by atoms with Gasteiger partial charge in [-0.25, -0.2) is 9.18 Å². The van der Waals surface area contributed by atoms with Crippen molar-refractivity contribution in [3.63, 3.8) is 0 Å². The van der Waals surface area contributed by atoms with Gasteiger partial charge in [-0.2, -0.15) is 4.39 Å². The minimum absolute atomic E-state index is 0.186. The molecule has 3 aromatic carbocycles. The molecule has 1 amide bonds. The van der Waals surface area contributed by atoms with Gasteiger partial charge in [0.25, 0.3) is 0 Å². The van der Waals surface area contributed by atoms with Gasteiger partial charge in [0.05, 0.1) is 23.1 Å². The molecular formula is C31H26ClF2NO4S. The van der Waals surface area contributed by atoms with Crippen molar-refractivity contribution in [3.8, 4) is 27.3 Å². The summed E-state index contributed by atoms with van der Waals surface area (Å²) < 4.78 is 39.1. The van der Waals surface area contributed by atoms with Crippen molar-refractivity contribution in [2.45, 2.75) is 38.2 Å².